The smallest absolute Gasteiger partial charge is 0.268 e. The van der Waals surface area contributed by atoms with Crippen LogP contribution in [0, 0.1) is 0 Å². The van der Waals surface area contributed by atoms with E-state index in [1.807, 2.05) is 0 Å². The number of ether oxygens (including phenoxy) is 2. The second-order valence-electron chi connectivity index (χ2n) is 6.04. The zero-order chi connectivity index (χ0) is 15.0. The maximum atomic E-state index is 5.79. The summed E-state index contributed by atoms with van der Waals surface area (Å²) < 4.78 is 16.8. The quantitative estimate of drug-likeness (QED) is 0.863. The van der Waals surface area contributed by atoms with Crippen molar-refractivity contribution >= 4 is 11.3 Å². The van der Waals surface area contributed by atoms with Crippen molar-refractivity contribution in [3.05, 3.63) is 22.3 Å². The summed E-state index contributed by atoms with van der Waals surface area (Å²) in [7, 11) is 1.75. The van der Waals surface area contributed by atoms with Crippen LogP contribution in [-0.2, 0) is 28.1 Å². The molecule has 1 aliphatic heterocycles. The summed E-state index contributed by atoms with van der Waals surface area (Å²) in [6, 6.07) is 2.12. The van der Waals surface area contributed by atoms with Gasteiger partial charge < -0.3 is 14.0 Å². The van der Waals surface area contributed by atoms with Crippen LogP contribution in [0.4, 0.5) is 0 Å². The predicted molar refractivity (Wildman–Crippen MR) is 82.7 cm³/mol. The van der Waals surface area contributed by atoms with Crippen molar-refractivity contribution in [2.45, 2.75) is 50.7 Å². The lowest BCUT2D eigenvalue weighted by Gasteiger charge is -2.32. The maximum absolute atomic E-state index is 5.79. The fraction of sp³-hybridized carbons (Fsp3) is 0.625. The number of methoxy groups -OCH3 is 1. The Labute approximate surface area is 133 Å². The zero-order valence-corrected chi connectivity index (χ0v) is 13.6. The molecule has 2 aromatic heterocycles. The second-order valence-corrected chi connectivity index (χ2v) is 7.18. The van der Waals surface area contributed by atoms with Crippen molar-refractivity contribution in [2.75, 3.05) is 13.7 Å². The van der Waals surface area contributed by atoms with Crippen molar-refractivity contribution in [2.24, 2.45) is 0 Å². The van der Waals surface area contributed by atoms with Crippen molar-refractivity contribution in [3.63, 3.8) is 0 Å². The fourth-order valence-corrected chi connectivity index (χ4v) is 4.47. The first kappa shape index (κ1) is 14.4. The Kier molecular flexibility index (Phi) is 3.76. The Morgan fingerprint density at radius 2 is 2.14 bits per heavy atom. The van der Waals surface area contributed by atoms with Gasteiger partial charge in [-0.3, -0.25) is 0 Å². The molecule has 0 spiro atoms. The molecule has 1 aliphatic carbocycles. The van der Waals surface area contributed by atoms with Crippen molar-refractivity contribution in [1.29, 1.82) is 0 Å². The highest BCUT2D eigenvalue weighted by molar-refractivity contribution is 7.15. The summed E-state index contributed by atoms with van der Waals surface area (Å²) in [5, 5.41) is 4.23. The minimum atomic E-state index is -0.361. The third kappa shape index (κ3) is 2.39. The third-order valence-electron chi connectivity index (χ3n) is 4.72. The van der Waals surface area contributed by atoms with Crippen LogP contribution in [0.1, 0.15) is 48.4 Å². The van der Waals surface area contributed by atoms with Crippen molar-refractivity contribution in [3.8, 4) is 10.8 Å². The molecule has 0 unspecified atom stereocenters. The molecule has 3 heterocycles. The number of hydrogen-bond donors (Lipinski definition) is 0. The van der Waals surface area contributed by atoms with Crippen molar-refractivity contribution in [1.82, 2.24) is 10.1 Å². The standard InChI is InChI=1S/C16H20N2O3S/c1-19-16(6-3-2-4-7-16)15-17-14(21-18-15)13-9-11-10-20-8-5-12(11)22-13/h9H,2-8,10H2,1H3. The summed E-state index contributed by atoms with van der Waals surface area (Å²) in [4.78, 5) is 7.07. The molecule has 0 radical (unpaired) electrons. The van der Waals surface area contributed by atoms with Gasteiger partial charge in [-0.2, -0.15) is 4.98 Å². The number of rotatable bonds is 3. The molecule has 0 aromatic carbocycles. The van der Waals surface area contributed by atoms with Gasteiger partial charge in [0.05, 0.1) is 18.1 Å². The van der Waals surface area contributed by atoms with E-state index in [0.717, 1.165) is 43.6 Å². The van der Waals surface area contributed by atoms with Crippen LogP contribution in [0.2, 0.25) is 0 Å². The lowest BCUT2D eigenvalue weighted by Crippen LogP contribution is -2.32. The largest absolute Gasteiger partial charge is 0.376 e. The minimum Gasteiger partial charge on any atom is -0.376 e. The molecule has 2 aromatic rings. The topological polar surface area (TPSA) is 57.4 Å². The molecule has 0 amide bonds. The number of aromatic nitrogens is 2. The van der Waals surface area contributed by atoms with E-state index in [9.17, 15) is 0 Å². The van der Waals surface area contributed by atoms with E-state index in [4.69, 9.17) is 14.0 Å². The summed E-state index contributed by atoms with van der Waals surface area (Å²) in [5.41, 5.74) is 0.894. The van der Waals surface area contributed by atoms with Gasteiger partial charge in [-0.05, 0) is 24.5 Å². The van der Waals surface area contributed by atoms with Crippen LogP contribution in [-0.4, -0.2) is 23.9 Å². The average Bonchev–Trinajstić information content (AvgIpc) is 3.22. The van der Waals surface area contributed by atoms with Gasteiger partial charge in [0, 0.05) is 18.4 Å². The van der Waals surface area contributed by atoms with Gasteiger partial charge in [-0.15, -0.1) is 11.3 Å². The van der Waals surface area contributed by atoms with E-state index in [2.05, 4.69) is 16.2 Å². The first-order valence-electron chi connectivity index (χ1n) is 7.90. The minimum absolute atomic E-state index is 0.361. The van der Waals surface area contributed by atoms with Crippen LogP contribution in [0.3, 0.4) is 0 Å². The van der Waals surface area contributed by atoms with Gasteiger partial charge in [0.15, 0.2) is 0 Å². The predicted octanol–water partition coefficient (Wildman–Crippen LogP) is 3.68. The Balaban J connectivity index is 1.64. The normalized spacial score (nSPS) is 20.8. The molecule has 118 valence electrons. The molecule has 1 saturated carbocycles. The van der Waals surface area contributed by atoms with Crippen molar-refractivity contribution < 1.29 is 14.0 Å². The average molecular weight is 320 g/mol. The Morgan fingerprint density at radius 3 is 2.91 bits per heavy atom. The van der Waals surface area contributed by atoms with E-state index in [0.29, 0.717) is 18.3 Å². The van der Waals surface area contributed by atoms with Gasteiger partial charge in [0.25, 0.3) is 5.89 Å². The number of hydrogen-bond acceptors (Lipinski definition) is 6. The summed E-state index contributed by atoms with van der Waals surface area (Å²) in [6.45, 7) is 1.49. The Morgan fingerprint density at radius 1 is 1.27 bits per heavy atom. The van der Waals surface area contributed by atoms with Gasteiger partial charge in [-0.1, -0.05) is 24.4 Å². The molecule has 4 rings (SSSR count). The number of thiophene rings is 1. The van der Waals surface area contributed by atoms with Gasteiger partial charge in [-0.25, -0.2) is 0 Å². The van der Waals surface area contributed by atoms with Gasteiger partial charge in [0.2, 0.25) is 5.82 Å². The highest BCUT2D eigenvalue weighted by Crippen LogP contribution is 2.40. The summed E-state index contributed by atoms with van der Waals surface area (Å²) in [6.07, 6.45) is 6.48. The van der Waals surface area contributed by atoms with Crippen LogP contribution in [0.15, 0.2) is 10.6 Å². The highest BCUT2D eigenvalue weighted by atomic mass is 32.1. The van der Waals surface area contributed by atoms with Crippen LogP contribution < -0.4 is 0 Å². The van der Waals surface area contributed by atoms with Gasteiger partial charge >= 0.3 is 0 Å². The molecule has 0 saturated heterocycles. The first-order chi connectivity index (χ1) is 10.8. The molecule has 1 fully saturated rings. The van der Waals surface area contributed by atoms with E-state index >= 15 is 0 Å². The third-order valence-corrected chi connectivity index (χ3v) is 5.95. The van der Waals surface area contributed by atoms with Gasteiger partial charge in [0.1, 0.15) is 5.60 Å². The Bertz CT molecular complexity index is 635. The summed E-state index contributed by atoms with van der Waals surface area (Å²) in [5.74, 6) is 1.31. The number of nitrogens with zero attached hydrogens (tertiary/aromatic N) is 2. The lowest BCUT2D eigenvalue weighted by molar-refractivity contribution is -0.0527. The molecule has 0 atom stereocenters. The van der Waals surface area contributed by atoms with Crippen LogP contribution >= 0.6 is 11.3 Å². The molecule has 5 nitrogen and oxygen atoms in total. The highest BCUT2D eigenvalue weighted by Gasteiger charge is 2.38. The summed E-state index contributed by atoms with van der Waals surface area (Å²) >= 11 is 1.74. The molecular formula is C16H20N2O3S. The molecule has 22 heavy (non-hydrogen) atoms. The monoisotopic (exact) mass is 320 g/mol. The molecule has 0 N–H and O–H groups in total. The van der Waals surface area contributed by atoms with E-state index in [-0.39, 0.29) is 5.60 Å². The maximum Gasteiger partial charge on any atom is 0.268 e. The lowest BCUT2D eigenvalue weighted by atomic mass is 9.84. The van der Waals surface area contributed by atoms with E-state index < -0.39 is 0 Å². The van der Waals surface area contributed by atoms with Crippen LogP contribution in [0.5, 0.6) is 0 Å². The molecule has 2 aliphatic rings. The van der Waals surface area contributed by atoms with E-state index in [1.165, 1.54) is 16.9 Å². The number of fused-ring (bicyclic) bond motifs is 1. The molecule has 0 bridgehead atoms. The zero-order valence-electron chi connectivity index (χ0n) is 12.8. The molecule has 6 heteroatoms. The fourth-order valence-electron chi connectivity index (χ4n) is 3.40. The molecular weight excluding hydrogens is 300 g/mol. The Hall–Kier alpha value is -1.24. The van der Waals surface area contributed by atoms with E-state index in [1.54, 1.807) is 18.4 Å². The second kappa shape index (κ2) is 5.76. The SMILES string of the molecule is COC1(c2noc(-c3cc4c(s3)CCOC4)n2)CCCCC1. The van der Waals surface area contributed by atoms with Crippen LogP contribution in [0.25, 0.3) is 10.8 Å². The first-order valence-corrected chi connectivity index (χ1v) is 8.71.